The molecule has 1 aromatic heterocycles. The van der Waals surface area contributed by atoms with E-state index in [-0.39, 0.29) is 30.7 Å². The Hall–Kier alpha value is -1.89. The highest BCUT2D eigenvalue weighted by atomic mass is 32.1. The first-order valence-electron chi connectivity index (χ1n) is 7.51. The number of carboxylic acids is 1. The van der Waals surface area contributed by atoms with Crippen LogP contribution < -0.4 is 10.6 Å². The Bertz CT molecular complexity index is 634. The van der Waals surface area contributed by atoms with Crippen LogP contribution in [0, 0.1) is 0 Å². The fourth-order valence-electron chi connectivity index (χ4n) is 2.63. The molecule has 118 valence electrons. The van der Waals surface area contributed by atoms with Gasteiger partial charge in [0.25, 0.3) is 5.91 Å². The van der Waals surface area contributed by atoms with Gasteiger partial charge in [-0.05, 0) is 37.7 Å². The molecular formula is C15H18N2O4S. The number of thiophene rings is 1. The Kier molecular flexibility index (Phi) is 4.15. The number of rotatable bonds is 6. The fourth-order valence-corrected chi connectivity index (χ4v) is 3.93. The van der Waals surface area contributed by atoms with E-state index >= 15 is 0 Å². The second-order valence-corrected chi connectivity index (χ2v) is 6.86. The van der Waals surface area contributed by atoms with Gasteiger partial charge in [-0.15, -0.1) is 11.3 Å². The minimum atomic E-state index is -1.00. The lowest BCUT2D eigenvalue weighted by Crippen LogP contribution is -2.27. The molecule has 2 aliphatic rings. The van der Waals surface area contributed by atoms with E-state index in [4.69, 9.17) is 5.11 Å². The van der Waals surface area contributed by atoms with Gasteiger partial charge in [0.15, 0.2) is 0 Å². The molecule has 2 aliphatic carbocycles. The summed E-state index contributed by atoms with van der Waals surface area (Å²) in [6, 6.07) is 0.264. The monoisotopic (exact) mass is 322 g/mol. The van der Waals surface area contributed by atoms with Crippen LogP contribution in [0.25, 0.3) is 0 Å². The lowest BCUT2D eigenvalue weighted by molar-refractivity contribution is -0.138. The van der Waals surface area contributed by atoms with Gasteiger partial charge in [0.1, 0.15) is 5.00 Å². The molecule has 1 aromatic rings. The summed E-state index contributed by atoms with van der Waals surface area (Å²) in [6.45, 7) is 0. The van der Waals surface area contributed by atoms with Crippen molar-refractivity contribution in [1.29, 1.82) is 0 Å². The normalized spacial score (nSPS) is 16.2. The molecule has 2 amide bonds. The van der Waals surface area contributed by atoms with Crippen LogP contribution in [0.3, 0.4) is 0 Å². The third-order valence-corrected chi connectivity index (χ3v) is 5.09. The lowest BCUT2D eigenvalue weighted by atomic mass is 10.1. The summed E-state index contributed by atoms with van der Waals surface area (Å²) in [5.41, 5.74) is 1.64. The van der Waals surface area contributed by atoms with Crippen LogP contribution in [0.1, 0.15) is 52.9 Å². The van der Waals surface area contributed by atoms with Crippen LogP contribution >= 0.6 is 11.3 Å². The number of carboxylic acid groups (broad SMARTS) is 1. The van der Waals surface area contributed by atoms with Crippen molar-refractivity contribution in [1.82, 2.24) is 5.32 Å². The minimum Gasteiger partial charge on any atom is -0.481 e. The number of hydrogen-bond donors (Lipinski definition) is 3. The van der Waals surface area contributed by atoms with Crippen molar-refractivity contribution in [2.75, 3.05) is 5.32 Å². The maximum Gasteiger partial charge on any atom is 0.303 e. The van der Waals surface area contributed by atoms with E-state index in [1.165, 1.54) is 11.3 Å². The van der Waals surface area contributed by atoms with Gasteiger partial charge in [-0.25, -0.2) is 0 Å². The van der Waals surface area contributed by atoms with Crippen LogP contribution in [0.5, 0.6) is 0 Å². The summed E-state index contributed by atoms with van der Waals surface area (Å²) in [6.07, 6.45) is 4.58. The predicted octanol–water partition coefficient (Wildman–Crippen LogP) is 1.93. The van der Waals surface area contributed by atoms with Crippen molar-refractivity contribution in [3.63, 3.8) is 0 Å². The standard InChI is InChI=1S/C15H18N2O4S/c18-11(6-7-12(19)20)17-15-13(14(21)16-8-4-5-8)9-2-1-3-10(9)22-15/h8H,1-7H2,(H,16,21)(H,17,18)(H,19,20). The summed E-state index contributed by atoms with van der Waals surface area (Å²) in [5.74, 6) is -1.48. The maximum atomic E-state index is 12.4. The molecule has 0 aliphatic heterocycles. The van der Waals surface area contributed by atoms with Crippen LogP contribution in [0.2, 0.25) is 0 Å². The number of nitrogens with one attached hydrogen (secondary N) is 2. The molecule has 0 aromatic carbocycles. The first-order valence-corrected chi connectivity index (χ1v) is 8.33. The quantitative estimate of drug-likeness (QED) is 0.746. The third-order valence-electron chi connectivity index (χ3n) is 3.88. The fraction of sp³-hybridized carbons (Fsp3) is 0.533. The van der Waals surface area contributed by atoms with Crippen LogP contribution in [0.15, 0.2) is 0 Å². The van der Waals surface area contributed by atoms with Gasteiger partial charge >= 0.3 is 5.97 Å². The van der Waals surface area contributed by atoms with Gasteiger partial charge in [-0.1, -0.05) is 0 Å². The SMILES string of the molecule is O=C(O)CCC(=O)Nc1sc2c(c1C(=O)NC1CC1)CCC2. The number of hydrogen-bond acceptors (Lipinski definition) is 4. The van der Waals surface area contributed by atoms with Crippen molar-refractivity contribution in [2.45, 2.75) is 51.0 Å². The molecule has 7 heteroatoms. The number of fused-ring (bicyclic) bond motifs is 1. The number of aryl methyl sites for hydroxylation is 1. The molecule has 0 unspecified atom stereocenters. The molecule has 22 heavy (non-hydrogen) atoms. The Morgan fingerprint density at radius 2 is 1.95 bits per heavy atom. The Morgan fingerprint density at radius 1 is 1.18 bits per heavy atom. The average Bonchev–Trinajstić information content (AvgIpc) is 3.03. The van der Waals surface area contributed by atoms with Gasteiger partial charge in [-0.2, -0.15) is 0 Å². The molecule has 0 radical (unpaired) electrons. The smallest absolute Gasteiger partial charge is 0.303 e. The second kappa shape index (κ2) is 6.08. The number of carbonyl (C=O) groups excluding carboxylic acids is 2. The van der Waals surface area contributed by atoms with E-state index in [9.17, 15) is 14.4 Å². The van der Waals surface area contributed by atoms with E-state index in [2.05, 4.69) is 10.6 Å². The van der Waals surface area contributed by atoms with Gasteiger partial charge in [0, 0.05) is 17.3 Å². The molecular weight excluding hydrogens is 304 g/mol. The van der Waals surface area contributed by atoms with Crippen LogP contribution in [0.4, 0.5) is 5.00 Å². The molecule has 3 N–H and O–H groups in total. The van der Waals surface area contributed by atoms with Crippen molar-refractivity contribution in [3.05, 3.63) is 16.0 Å². The van der Waals surface area contributed by atoms with E-state index in [0.29, 0.717) is 10.6 Å². The zero-order valence-electron chi connectivity index (χ0n) is 12.1. The summed E-state index contributed by atoms with van der Waals surface area (Å²) in [7, 11) is 0. The Labute approximate surface area is 131 Å². The molecule has 0 bridgehead atoms. The zero-order valence-corrected chi connectivity index (χ0v) is 12.9. The lowest BCUT2D eigenvalue weighted by Gasteiger charge is -2.08. The highest BCUT2D eigenvalue weighted by Crippen LogP contribution is 2.39. The van der Waals surface area contributed by atoms with E-state index < -0.39 is 5.97 Å². The average molecular weight is 322 g/mol. The minimum absolute atomic E-state index is 0.0818. The van der Waals surface area contributed by atoms with Gasteiger partial charge < -0.3 is 15.7 Å². The summed E-state index contributed by atoms with van der Waals surface area (Å²) >= 11 is 1.45. The van der Waals surface area contributed by atoms with E-state index in [0.717, 1.165) is 42.5 Å². The third kappa shape index (κ3) is 3.30. The zero-order chi connectivity index (χ0) is 15.7. The van der Waals surface area contributed by atoms with Crippen LogP contribution in [-0.4, -0.2) is 28.9 Å². The van der Waals surface area contributed by atoms with Gasteiger partial charge in [0.05, 0.1) is 12.0 Å². The summed E-state index contributed by atoms with van der Waals surface area (Å²) < 4.78 is 0. The Morgan fingerprint density at radius 3 is 2.64 bits per heavy atom. The molecule has 1 heterocycles. The Balaban J connectivity index is 1.76. The van der Waals surface area contributed by atoms with Gasteiger partial charge in [-0.3, -0.25) is 14.4 Å². The first-order chi connectivity index (χ1) is 10.5. The van der Waals surface area contributed by atoms with E-state index in [1.807, 2.05) is 0 Å². The maximum absolute atomic E-state index is 12.4. The second-order valence-electron chi connectivity index (χ2n) is 5.75. The predicted molar refractivity (Wildman–Crippen MR) is 82.3 cm³/mol. The van der Waals surface area contributed by atoms with Crippen molar-refractivity contribution < 1.29 is 19.5 Å². The highest BCUT2D eigenvalue weighted by Gasteiger charge is 2.30. The number of anilines is 1. The van der Waals surface area contributed by atoms with E-state index in [1.54, 1.807) is 0 Å². The summed E-state index contributed by atoms with van der Waals surface area (Å²) in [5, 5.41) is 14.9. The number of aliphatic carboxylic acids is 1. The van der Waals surface area contributed by atoms with Crippen molar-refractivity contribution in [3.8, 4) is 0 Å². The molecule has 1 saturated carbocycles. The molecule has 0 spiro atoms. The number of carbonyl (C=O) groups is 3. The first kappa shape index (κ1) is 15.0. The molecule has 1 fully saturated rings. The summed E-state index contributed by atoms with van der Waals surface area (Å²) in [4.78, 5) is 36.0. The number of amides is 2. The van der Waals surface area contributed by atoms with Gasteiger partial charge in [0.2, 0.25) is 5.91 Å². The van der Waals surface area contributed by atoms with Crippen molar-refractivity contribution >= 4 is 34.1 Å². The molecule has 3 rings (SSSR count). The highest BCUT2D eigenvalue weighted by molar-refractivity contribution is 7.17. The largest absolute Gasteiger partial charge is 0.481 e. The van der Waals surface area contributed by atoms with Crippen molar-refractivity contribution in [2.24, 2.45) is 0 Å². The van der Waals surface area contributed by atoms with Crippen LogP contribution in [-0.2, 0) is 22.4 Å². The molecule has 0 saturated heterocycles. The molecule has 0 atom stereocenters. The molecule has 6 nitrogen and oxygen atoms in total. The topological polar surface area (TPSA) is 95.5 Å².